The molecule has 0 radical (unpaired) electrons. The van der Waals surface area contributed by atoms with E-state index < -0.39 is 11.9 Å². The summed E-state index contributed by atoms with van der Waals surface area (Å²) in [5, 5.41) is 8.02. The summed E-state index contributed by atoms with van der Waals surface area (Å²) in [4.78, 5) is 33.9. The number of rotatable bonds is 6. The highest BCUT2D eigenvalue weighted by Crippen LogP contribution is 2.13. The van der Waals surface area contributed by atoms with Gasteiger partial charge >= 0.3 is 5.97 Å². The Labute approximate surface area is 145 Å². The second-order valence-corrected chi connectivity index (χ2v) is 4.92. The Morgan fingerprint density at radius 3 is 2.17 bits per heavy atom. The lowest BCUT2D eigenvalue weighted by atomic mass is 10.2. The van der Waals surface area contributed by atoms with Crippen molar-refractivity contribution in [2.24, 2.45) is 0 Å². The molecule has 7 nitrogen and oxygen atoms in total. The Hall–Kier alpha value is -2.74. The number of thiocarbonyl (C=S) groups is 1. The Bertz CT molecular complexity index is 641. The second kappa shape index (κ2) is 10.1. The van der Waals surface area contributed by atoms with Gasteiger partial charge in [0.1, 0.15) is 0 Å². The first-order valence-corrected chi connectivity index (χ1v) is 7.72. The van der Waals surface area contributed by atoms with Crippen LogP contribution in [0.5, 0.6) is 0 Å². The molecular formula is C16H19N3O4S. The van der Waals surface area contributed by atoms with Crippen LogP contribution in [0, 0.1) is 0 Å². The normalized spacial score (nSPS) is 10.1. The molecule has 128 valence electrons. The van der Waals surface area contributed by atoms with Crippen molar-refractivity contribution in [3.8, 4) is 0 Å². The predicted octanol–water partition coefficient (Wildman–Crippen LogP) is 1.97. The van der Waals surface area contributed by atoms with Crippen LogP contribution in [-0.4, -0.2) is 29.5 Å². The van der Waals surface area contributed by atoms with Gasteiger partial charge in [-0.2, -0.15) is 0 Å². The van der Waals surface area contributed by atoms with Crippen molar-refractivity contribution in [2.75, 3.05) is 17.2 Å². The fraction of sp³-hybridized carbons (Fsp3) is 0.250. The van der Waals surface area contributed by atoms with Gasteiger partial charge in [0.25, 0.3) is 0 Å². The zero-order chi connectivity index (χ0) is 17.9. The van der Waals surface area contributed by atoms with E-state index in [1.165, 1.54) is 0 Å². The fourth-order valence-corrected chi connectivity index (χ4v) is 1.75. The molecule has 0 heterocycles. The Kier molecular flexibility index (Phi) is 8.14. The molecule has 0 bridgehead atoms. The first kappa shape index (κ1) is 19.3. The van der Waals surface area contributed by atoms with Gasteiger partial charge < -0.3 is 15.4 Å². The van der Waals surface area contributed by atoms with Crippen LogP contribution < -0.4 is 16.0 Å². The largest absolute Gasteiger partial charge is 0.463 e. The zero-order valence-electron chi connectivity index (χ0n) is 13.4. The van der Waals surface area contributed by atoms with Gasteiger partial charge in [-0.1, -0.05) is 6.92 Å². The minimum absolute atomic E-state index is 0.0770. The SMILES string of the molecule is CCOC(=O)/C=C/C(=O)NC(=S)Nc1ccc(NC(=O)CC)cc1. The number of carbonyl (C=O) groups is 3. The summed E-state index contributed by atoms with van der Waals surface area (Å²) in [5.41, 5.74) is 1.31. The Morgan fingerprint density at radius 1 is 1.04 bits per heavy atom. The third-order valence-electron chi connectivity index (χ3n) is 2.64. The lowest BCUT2D eigenvalue weighted by Crippen LogP contribution is -2.33. The van der Waals surface area contributed by atoms with E-state index in [9.17, 15) is 14.4 Å². The van der Waals surface area contributed by atoms with Crippen molar-refractivity contribution in [2.45, 2.75) is 20.3 Å². The topological polar surface area (TPSA) is 96.5 Å². The quantitative estimate of drug-likeness (QED) is 0.413. The first-order valence-electron chi connectivity index (χ1n) is 7.31. The minimum Gasteiger partial charge on any atom is -0.463 e. The molecule has 1 aromatic carbocycles. The van der Waals surface area contributed by atoms with E-state index >= 15 is 0 Å². The standard InChI is InChI=1S/C16H19N3O4S/c1-3-13(20)17-11-5-7-12(8-6-11)18-16(24)19-14(21)9-10-15(22)23-4-2/h5-10H,3-4H2,1-2H3,(H,17,20)(H2,18,19,21,24)/b10-9+. The molecular weight excluding hydrogens is 330 g/mol. The molecule has 0 atom stereocenters. The lowest BCUT2D eigenvalue weighted by Gasteiger charge is -2.09. The van der Waals surface area contributed by atoms with Gasteiger partial charge in [0, 0.05) is 29.9 Å². The number of hydrogen-bond acceptors (Lipinski definition) is 5. The van der Waals surface area contributed by atoms with Gasteiger partial charge in [0.2, 0.25) is 11.8 Å². The molecule has 0 unspecified atom stereocenters. The maximum absolute atomic E-state index is 11.6. The number of hydrogen-bond donors (Lipinski definition) is 3. The van der Waals surface area contributed by atoms with Gasteiger partial charge in [0.15, 0.2) is 5.11 Å². The van der Waals surface area contributed by atoms with E-state index in [0.717, 1.165) is 12.2 Å². The molecule has 0 fully saturated rings. The molecule has 0 aliphatic rings. The molecule has 0 aliphatic heterocycles. The van der Waals surface area contributed by atoms with Crippen molar-refractivity contribution in [3.63, 3.8) is 0 Å². The van der Waals surface area contributed by atoms with Crippen LogP contribution >= 0.6 is 12.2 Å². The number of amides is 2. The molecule has 0 saturated heterocycles. The highest BCUT2D eigenvalue weighted by atomic mass is 32.1. The number of nitrogens with one attached hydrogen (secondary N) is 3. The van der Waals surface area contributed by atoms with Crippen molar-refractivity contribution in [1.29, 1.82) is 0 Å². The van der Waals surface area contributed by atoms with Gasteiger partial charge in [0.05, 0.1) is 6.61 Å². The highest BCUT2D eigenvalue weighted by molar-refractivity contribution is 7.80. The molecule has 0 aromatic heterocycles. The summed E-state index contributed by atoms with van der Waals surface area (Å²) in [6, 6.07) is 6.83. The average molecular weight is 349 g/mol. The number of benzene rings is 1. The monoisotopic (exact) mass is 349 g/mol. The van der Waals surface area contributed by atoms with Crippen molar-refractivity contribution < 1.29 is 19.1 Å². The van der Waals surface area contributed by atoms with E-state index in [-0.39, 0.29) is 17.6 Å². The third-order valence-corrected chi connectivity index (χ3v) is 2.85. The molecule has 8 heteroatoms. The molecule has 2 amide bonds. The van der Waals surface area contributed by atoms with Crippen molar-refractivity contribution >= 4 is 46.5 Å². The van der Waals surface area contributed by atoms with Gasteiger partial charge in [-0.3, -0.25) is 14.9 Å². The van der Waals surface area contributed by atoms with Crippen molar-refractivity contribution in [3.05, 3.63) is 36.4 Å². The maximum Gasteiger partial charge on any atom is 0.330 e. The van der Waals surface area contributed by atoms with E-state index in [1.807, 2.05) is 0 Å². The van der Waals surface area contributed by atoms with Gasteiger partial charge in [-0.15, -0.1) is 0 Å². The van der Waals surface area contributed by atoms with E-state index in [4.69, 9.17) is 12.2 Å². The summed E-state index contributed by atoms with van der Waals surface area (Å²) in [6.45, 7) is 3.67. The summed E-state index contributed by atoms with van der Waals surface area (Å²) in [6.07, 6.45) is 2.46. The summed E-state index contributed by atoms with van der Waals surface area (Å²) >= 11 is 5.00. The Morgan fingerprint density at radius 2 is 1.62 bits per heavy atom. The third kappa shape index (κ3) is 7.50. The second-order valence-electron chi connectivity index (χ2n) is 4.51. The molecule has 0 saturated carbocycles. The number of anilines is 2. The van der Waals surface area contributed by atoms with E-state index in [1.54, 1.807) is 38.1 Å². The van der Waals surface area contributed by atoms with Crippen LogP contribution in [0.2, 0.25) is 0 Å². The molecule has 0 spiro atoms. The average Bonchev–Trinajstić information content (AvgIpc) is 2.55. The van der Waals surface area contributed by atoms with Gasteiger partial charge in [-0.05, 0) is 43.4 Å². The number of ether oxygens (including phenoxy) is 1. The lowest BCUT2D eigenvalue weighted by molar-refractivity contribution is -0.137. The first-order chi connectivity index (χ1) is 11.4. The zero-order valence-corrected chi connectivity index (χ0v) is 14.2. The smallest absolute Gasteiger partial charge is 0.330 e. The maximum atomic E-state index is 11.6. The fourth-order valence-electron chi connectivity index (χ4n) is 1.54. The number of esters is 1. The van der Waals surface area contributed by atoms with E-state index in [2.05, 4.69) is 20.7 Å². The highest BCUT2D eigenvalue weighted by Gasteiger charge is 2.04. The van der Waals surface area contributed by atoms with Crippen molar-refractivity contribution in [1.82, 2.24) is 5.32 Å². The number of carbonyl (C=O) groups excluding carboxylic acids is 3. The van der Waals surface area contributed by atoms with Crippen LogP contribution in [0.1, 0.15) is 20.3 Å². The summed E-state index contributed by atoms with van der Waals surface area (Å²) in [7, 11) is 0. The van der Waals surface area contributed by atoms with E-state index in [0.29, 0.717) is 17.8 Å². The molecule has 1 aromatic rings. The van der Waals surface area contributed by atoms with Gasteiger partial charge in [-0.25, -0.2) is 4.79 Å². The van der Waals surface area contributed by atoms with Crippen LogP contribution in [-0.2, 0) is 19.1 Å². The molecule has 1 rings (SSSR count). The molecule has 0 aliphatic carbocycles. The minimum atomic E-state index is -0.601. The molecule has 24 heavy (non-hydrogen) atoms. The molecule has 3 N–H and O–H groups in total. The Balaban J connectivity index is 2.48. The van der Waals surface area contributed by atoms with Crippen LogP contribution in [0.3, 0.4) is 0 Å². The van der Waals surface area contributed by atoms with Crippen LogP contribution in [0.4, 0.5) is 11.4 Å². The van der Waals surface area contributed by atoms with Crippen LogP contribution in [0.15, 0.2) is 36.4 Å². The van der Waals surface area contributed by atoms with Crippen LogP contribution in [0.25, 0.3) is 0 Å². The summed E-state index contributed by atoms with van der Waals surface area (Å²) in [5.74, 6) is -1.23. The summed E-state index contributed by atoms with van der Waals surface area (Å²) < 4.78 is 4.66. The predicted molar refractivity (Wildman–Crippen MR) is 95.5 cm³/mol.